The number of fused-ring (bicyclic) bond motifs is 1. The van der Waals surface area contributed by atoms with Gasteiger partial charge in [0.1, 0.15) is 0 Å². The first-order valence-corrected chi connectivity index (χ1v) is 14.0. The van der Waals surface area contributed by atoms with E-state index in [1.807, 2.05) is 0 Å². The quantitative estimate of drug-likeness (QED) is 0.507. The number of hydrogen-bond donors (Lipinski definition) is 1. The second-order valence-electron chi connectivity index (χ2n) is 9.21. The topological polar surface area (TPSA) is 62.3 Å². The summed E-state index contributed by atoms with van der Waals surface area (Å²) in [7, 11) is -3.31. The second-order valence-corrected chi connectivity index (χ2v) is 11.0. The molecule has 0 amide bonds. The third-order valence-corrected chi connectivity index (χ3v) is 7.46. The highest BCUT2D eigenvalue weighted by Crippen LogP contribution is 2.31. The fourth-order valence-corrected chi connectivity index (χ4v) is 5.38. The number of nitrogens with one attached hydrogen (secondary N) is 1. The molecule has 0 atom stereocenters. The van der Waals surface area contributed by atoms with Crippen LogP contribution in [0.2, 0.25) is 0 Å². The molecule has 2 aromatic carbocycles. The van der Waals surface area contributed by atoms with E-state index in [9.17, 15) is 8.42 Å². The molecule has 6 heteroatoms. The molecule has 0 saturated heterocycles. The minimum absolute atomic E-state index is 0.269. The summed E-state index contributed by atoms with van der Waals surface area (Å²) in [5.74, 6) is 0. The Balaban J connectivity index is 1.74. The predicted molar refractivity (Wildman–Crippen MR) is 139 cm³/mol. The van der Waals surface area contributed by atoms with Gasteiger partial charge in [0, 0.05) is 37.4 Å². The van der Waals surface area contributed by atoms with Gasteiger partial charge in [-0.25, -0.2) is 13.1 Å². The first-order valence-electron chi connectivity index (χ1n) is 12.1. The van der Waals surface area contributed by atoms with Crippen molar-refractivity contribution in [2.45, 2.75) is 59.7 Å². The van der Waals surface area contributed by atoms with Gasteiger partial charge in [0.25, 0.3) is 0 Å². The van der Waals surface area contributed by atoms with Gasteiger partial charge in [-0.1, -0.05) is 56.3 Å². The number of aryl methyl sites for hydroxylation is 3. The van der Waals surface area contributed by atoms with Crippen LogP contribution in [0.3, 0.4) is 0 Å². The lowest BCUT2D eigenvalue weighted by Crippen LogP contribution is -2.31. The third-order valence-electron chi connectivity index (χ3n) is 6.79. The van der Waals surface area contributed by atoms with Crippen molar-refractivity contribution in [3.05, 3.63) is 87.6 Å². The molecule has 5 nitrogen and oxygen atoms in total. The molecule has 0 radical (unpaired) electrons. The zero-order valence-corrected chi connectivity index (χ0v) is 21.5. The highest BCUT2D eigenvalue weighted by molar-refractivity contribution is 7.88. The average Bonchev–Trinajstić information content (AvgIpc) is 2.83. The summed E-state index contributed by atoms with van der Waals surface area (Å²) in [5.41, 5.74) is 10.5. The second kappa shape index (κ2) is 10.4. The first-order chi connectivity index (χ1) is 16.3. The van der Waals surface area contributed by atoms with Crippen molar-refractivity contribution in [3.8, 4) is 11.3 Å². The SMILES string of the molecule is CCc1cccc(CC)c1-c1cc(CNS(C)(=O)=O)c(CN2CCc3ccccc3C2)c(C)n1. The Bertz CT molecular complexity index is 1260. The molecule has 0 spiro atoms. The predicted octanol–water partition coefficient (Wildman–Crippen LogP) is 4.79. The van der Waals surface area contributed by atoms with Crippen LogP contribution in [-0.2, 0) is 48.9 Å². The molecule has 0 aliphatic carbocycles. The Hall–Kier alpha value is -2.54. The summed E-state index contributed by atoms with van der Waals surface area (Å²) >= 11 is 0. The van der Waals surface area contributed by atoms with Gasteiger partial charge in [-0.3, -0.25) is 9.88 Å². The monoisotopic (exact) mass is 477 g/mol. The molecule has 34 heavy (non-hydrogen) atoms. The summed E-state index contributed by atoms with van der Waals surface area (Å²) in [6.07, 6.45) is 4.09. The molecule has 1 N–H and O–H groups in total. The van der Waals surface area contributed by atoms with E-state index < -0.39 is 10.0 Å². The minimum atomic E-state index is -3.31. The number of aromatic nitrogens is 1. The molecule has 1 aliphatic heterocycles. The van der Waals surface area contributed by atoms with E-state index in [2.05, 4.69) is 78.9 Å². The number of hydrogen-bond acceptors (Lipinski definition) is 4. The average molecular weight is 478 g/mol. The summed E-state index contributed by atoms with van der Waals surface area (Å²) in [5, 5.41) is 0. The molecule has 0 bridgehead atoms. The maximum atomic E-state index is 11.9. The molecule has 0 unspecified atom stereocenters. The van der Waals surface area contributed by atoms with Gasteiger partial charge in [-0.15, -0.1) is 0 Å². The zero-order valence-electron chi connectivity index (χ0n) is 20.7. The Labute approximate surface area is 204 Å². The van der Waals surface area contributed by atoms with Crippen LogP contribution in [0.15, 0.2) is 48.5 Å². The van der Waals surface area contributed by atoms with Gasteiger partial charge in [-0.05, 0) is 65.6 Å². The van der Waals surface area contributed by atoms with E-state index in [-0.39, 0.29) is 6.54 Å². The lowest BCUT2D eigenvalue weighted by molar-refractivity contribution is 0.244. The van der Waals surface area contributed by atoms with Crippen molar-refractivity contribution in [3.63, 3.8) is 0 Å². The van der Waals surface area contributed by atoms with Crippen LogP contribution in [0.1, 0.15) is 52.9 Å². The summed E-state index contributed by atoms with van der Waals surface area (Å²) in [6.45, 7) is 9.29. The molecule has 3 aromatic rings. The van der Waals surface area contributed by atoms with Crippen molar-refractivity contribution in [2.24, 2.45) is 0 Å². The van der Waals surface area contributed by atoms with Crippen LogP contribution in [0.5, 0.6) is 0 Å². The molecule has 4 rings (SSSR count). The molecular weight excluding hydrogens is 442 g/mol. The largest absolute Gasteiger partial charge is 0.294 e. The summed E-state index contributed by atoms with van der Waals surface area (Å²) in [4.78, 5) is 7.51. The van der Waals surface area contributed by atoms with Crippen molar-refractivity contribution in [1.82, 2.24) is 14.6 Å². The van der Waals surface area contributed by atoms with E-state index in [1.54, 1.807) is 0 Å². The lowest BCUT2D eigenvalue weighted by atomic mass is 9.92. The summed E-state index contributed by atoms with van der Waals surface area (Å²) in [6, 6.07) is 17.2. The Morgan fingerprint density at radius 1 is 0.971 bits per heavy atom. The maximum absolute atomic E-state index is 11.9. The zero-order chi connectivity index (χ0) is 24.3. The number of pyridine rings is 1. The normalized spacial score (nSPS) is 14.2. The van der Waals surface area contributed by atoms with Crippen molar-refractivity contribution in [2.75, 3.05) is 12.8 Å². The minimum Gasteiger partial charge on any atom is -0.294 e. The van der Waals surface area contributed by atoms with Crippen LogP contribution in [0.25, 0.3) is 11.3 Å². The van der Waals surface area contributed by atoms with E-state index in [4.69, 9.17) is 4.98 Å². The summed E-state index contributed by atoms with van der Waals surface area (Å²) < 4.78 is 26.6. The lowest BCUT2D eigenvalue weighted by Gasteiger charge is -2.30. The van der Waals surface area contributed by atoms with E-state index >= 15 is 0 Å². The van der Waals surface area contributed by atoms with Crippen molar-refractivity contribution in [1.29, 1.82) is 0 Å². The molecule has 1 aromatic heterocycles. The van der Waals surface area contributed by atoms with E-state index in [0.29, 0.717) is 0 Å². The highest BCUT2D eigenvalue weighted by Gasteiger charge is 2.21. The van der Waals surface area contributed by atoms with Gasteiger partial charge in [-0.2, -0.15) is 0 Å². The maximum Gasteiger partial charge on any atom is 0.209 e. The van der Waals surface area contributed by atoms with Gasteiger partial charge < -0.3 is 0 Å². The number of sulfonamides is 1. The van der Waals surface area contributed by atoms with Gasteiger partial charge in [0.15, 0.2) is 0 Å². The van der Waals surface area contributed by atoms with Crippen LogP contribution >= 0.6 is 0 Å². The van der Waals surface area contributed by atoms with E-state index in [1.165, 1.54) is 34.1 Å². The highest BCUT2D eigenvalue weighted by atomic mass is 32.2. The Morgan fingerprint density at radius 2 is 1.65 bits per heavy atom. The van der Waals surface area contributed by atoms with Crippen LogP contribution in [0, 0.1) is 6.92 Å². The van der Waals surface area contributed by atoms with Crippen LogP contribution in [-0.4, -0.2) is 31.1 Å². The molecule has 0 fully saturated rings. The first kappa shape index (κ1) is 24.6. The van der Waals surface area contributed by atoms with Crippen LogP contribution < -0.4 is 4.72 Å². The number of nitrogens with zero attached hydrogens (tertiary/aromatic N) is 2. The van der Waals surface area contributed by atoms with Gasteiger partial charge in [0.2, 0.25) is 10.0 Å². The standard InChI is InChI=1S/C28H35N3O2S/c1-5-21-12-9-13-22(6-2)28(21)27-16-25(17-29-34(4,32)33)26(20(3)30-27)19-31-15-14-23-10-7-8-11-24(23)18-31/h7-13,16,29H,5-6,14-15,17-19H2,1-4H3. The molecule has 2 heterocycles. The van der Waals surface area contributed by atoms with E-state index in [0.717, 1.165) is 61.4 Å². The molecular formula is C28H35N3O2S. The van der Waals surface area contributed by atoms with Crippen LogP contribution in [0.4, 0.5) is 0 Å². The number of benzene rings is 2. The molecule has 180 valence electrons. The Kier molecular flexibility index (Phi) is 7.51. The van der Waals surface area contributed by atoms with Crippen molar-refractivity contribution < 1.29 is 8.42 Å². The number of rotatable bonds is 8. The third kappa shape index (κ3) is 5.57. The van der Waals surface area contributed by atoms with Crippen molar-refractivity contribution >= 4 is 10.0 Å². The smallest absolute Gasteiger partial charge is 0.209 e. The van der Waals surface area contributed by atoms with Gasteiger partial charge in [0.05, 0.1) is 11.9 Å². The molecule has 1 aliphatic rings. The molecule has 0 saturated carbocycles. The fraction of sp³-hybridized carbons (Fsp3) is 0.393. The fourth-order valence-electron chi connectivity index (χ4n) is 4.96. The van der Waals surface area contributed by atoms with Gasteiger partial charge >= 0.3 is 0 Å². The Morgan fingerprint density at radius 3 is 2.29 bits per heavy atom.